The van der Waals surface area contributed by atoms with E-state index in [9.17, 15) is 4.79 Å². The fourth-order valence-electron chi connectivity index (χ4n) is 2.78. The summed E-state index contributed by atoms with van der Waals surface area (Å²) in [5.41, 5.74) is 7.88. The maximum atomic E-state index is 12.4. The molecule has 1 heterocycles. The van der Waals surface area contributed by atoms with Crippen LogP contribution < -0.4 is 5.73 Å². The minimum atomic E-state index is 0.227. The molecule has 122 valence electrons. The van der Waals surface area contributed by atoms with Gasteiger partial charge in [-0.15, -0.1) is 0 Å². The fraction of sp³-hybridized carbons (Fsp3) is 0.611. The second-order valence-electron chi connectivity index (χ2n) is 5.94. The molecule has 2 rings (SSSR count). The number of carbonyl (C=O) groups excluding carboxylic acids is 1. The van der Waals surface area contributed by atoms with Crippen LogP contribution in [0.5, 0.6) is 0 Å². The molecular weight excluding hydrogens is 276 g/mol. The quantitative estimate of drug-likeness (QED) is 0.785. The van der Waals surface area contributed by atoms with Gasteiger partial charge in [-0.2, -0.15) is 0 Å². The summed E-state index contributed by atoms with van der Waals surface area (Å²) in [7, 11) is 0. The van der Waals surface area contributed by atoms with E-state index >= 15 is 0 Å². The van der Waals surface area contributed by atoms with Crippen LogP contribution >= 0.6 is 0 Å². The van der Waals surface area contributed by atoms with Crippen molar-refractivity contribution in [1.82, 2.24) is 4.90 Å². The van der Waals surface area contributed by atoms with Crippen LogP contribution in [0.3, 0.4) is 0 Å². The molecule has 1 aliphatic rings. The van der Waals surface area contributed by atoms with Gasteiger partial charge in [0, 0.05) is 19.7 Å². The van der Waals surface area contributed by atoms with Crippen molar-refractivity contribution in [3.63, 3.8) is 0 Å². The number of likely N-dealkylation sites (tertiary alicyclic amines) is 1. The van der Waals surface area contributed by atoms with Crippen LogP contribution in [-0.4, -0.2) is 43.2 Å². The Morgan fingerprint density at radius 1 is 1.23 bits per heavy atom. The summed E-state index contributed by atoms with van der Waals surface area (Å²) in [5.74, 6) is 0.227. The Balaban J connectivity index is 1.74. The largest absolute Gasteiger partial charge is 0.378 e. The van der Waals surface area contributed by atoms with E-state index in [4.69, 9.17) is 10.5 Å². The molecule has 0 atom stereocenters. The lowest BCUT2D eigenvalue weighted by Crippen LogP contribution is -2.41. The van der Waals surface area contributed by atoms with Crippen LogP contribution in [0.15, 0.2) is 24.3 Å². The van der Waals surface area contributed by atoms with Gasteiger partial charge < -0.3 is 15.4 Å². The number of nitrogens with zero attached hydrogens (tertiary/aromatic N) is 1. The molecule has 0 unspecified atom stereocenters. The van der Waals surface area contributed by atoms with Crippen LogP contribution in [0.25, 0.3) is 0 Å². The number of piperidine rings is 1. The fourth-order valence-corrected chi connectivity index (χ4v) is 2.78. The van der Waals surface area contributed by atoms with E-state index in [0.717, 1.165) is 50.9 Å². The van der Waals surface area contributed by atoms with Crippen LogP contribution in [0.1, 0.15) is 37.3 Å². The molecule has 1 fully saturated rings. The van der Waals surface area contributed by atoms with Gasteiger partial charge in [0.1, 0.15) is 0 Å². The zero-order valence-corrected chi connectivity index (χ0v) is 13.6. The highest BCUT2D eigenvalue weighted by atomic mass is 16.5. The molecule has 4 heteroatoms. The van der Waals surface area contributed by atoms with Crippen molar-refractivity contribution in [2.45, 2.75) is 45.1 Å². The second kappa shape index (κ2) is 8.91. The monoisotopic (exact) mass is 304 g/mol. The molecule has 0 aliphatic carbocycles. The smallest absolute Gasteiger partial charge is 0.226 e. The third-order valence-corrected chi connectivity index (χ3v) is 4.28. The number of hydrogen-bond donors (Lipinski definition) is 1. The third kappa shape index (κ3) is 5.11. The minimum absolute atomic E-state index is 0.227. The Bertz CT molecular complexity index is 451. The van der Waals surface area contributed by atoms with Crippen molar-refractivity contribution in [2.24, 2.45) is 5.73 Å². The minimum Gasteiger partial charge on any atom is -0.378 e. The van der Waals surface area contributed by atoms with Gasteiger partial charge in [-0.25, -0.2) is 0 Å². The van der Waals surface area contributed by atoms with Gasteiger partial charge in [0.2, 0.25) is 5.91 Å². The normalized spacial score (nSPS) is 16.0. The molecule has 0 saturated carbocycles. The summed E-state index contributed by atoms with van der Waals surface area (Å²) in [4.78, 5) is 14.3. The Morgan fingerprint density at radius 2 is 1.86 bits per heavy atom. The molecule has 0 aromatic heterocycles. The van der Waals surface area contributed by atoms with E-state index in [-0.39, 0.29) is 5.91 Å². The summed E-state index contributed by atoms with van der Waals surface area (Å²) < 4.78 is 5.78. The summed E-state index contributed by atoms with van der Waals surface area (Å²) in [6, 6.07) is 8.36. The molecular formula is C18H28N2O2. The SMILES string of the molecule is CCc1ccc(CC(=O)N2CCC(OCCCN)CC2)cc1. The van der Waals surface area contributed by atoms with Crippen molar-refractivity contribution in [3.8, 4) is 0 Å². The Kier molecular flexibility index (Phi) is 6.87. The second-order valence-corrected chi connectivity index (χ2v) is 5.94. The average molecular weight is 304 g/mol. The maximum Gasteiger partial charge on any atom is 0.226 e. The van der Waals surface area contributed by atoms with Crippen molar-refractivity contribution in [2.75, 3.05) is 26.2 Å². The van der Waals surface area contributed by atoms with Crippen molar-refractivity contribution < 1.29 is 9.53 Å². The van der Waals surface area contributed by atoms with Crippen molar-refractivity contribution >= 4 is 5.91 Å². The molecule has 2 N–H and O–H groups in total. The summed E-state index contributed by atoms with van der Waals surface area (Å²) in [6.45, 7) is 5.16. The van der Waals surface area contributed by atoms with Gasteiger partial charge >= 0.3 is 0 Å². The molecule has 1 aromatic rings. The van der Waals surface area contributed by atoms with Gasteiger partial charge in [-0.1, -0.05) is 31.2 Å². The molecule has 0 bridgehead atoms. The summed E-state index contributed by atoms with van der Waals surface area (Å²) in [5, 5.41) is 0. The van der Waals surface area contributed by atoms with Crippen LogP contribution in [0.4, 0.5) is 0 Å². The summed E-state index contributed by atoms with van der Waals surface area (Å²) in [6.07, 6.45) is 4.61. The van der Waals surface area contributed by atoms with Gasteiger partial charge in [-0.05, 0) is 43.4 Å². The molecule has 1 aromatic carbocycles. The van der Waals surface area contributed by atoms with Crippen LogP contribution in [0, 0.1) is 0 Å². The number of hydrogen-bond acceptors (Lipinski definition) is 3. The molecule has 1 saturated heterocycles. The number of nitrogens with two attached hydrogens (primary N) is 1. The predicted octanol–water partition coefficient (Wildman–Crippen LogP) is 2.15. The molecule has 4 nitrogen and oxygen atoms in total. The molecule has 1 aliphatic heterocycles. The van der Waals surface area contributed by atoms with Gasteiger partial charge in [0.05, 0.1) is 12.5 Å². The highest BCUT2D eigenvalue weighted by Gasteiger charge is 2.23. The average Bonchev–Trinajstić information content (AvgIpc) is 2.56. The lowest BCUT2D eigenvalue weighted by molar-refractivity contribution is -0.133. The number of benzene rings is 1. The van der Waals surface area contributed by atoms with E-state index in [1.165, 1.54) is 5.56 Å². The molecule has 0 radical (unpaired) electrons. The maximum absolute atomic E-state index is 12.4. The van der Waals surface area contributed by atoms with E-state index < -0.39 is 0 Å². The lowest BCUT2D eigenvalue weighted by Gasteiger charge is -2.32. The molecule has 22 heavy (non-hydrogen) atoms. The first-order valence-electron chi connectivity index (χ1n) is 8.40. The highest BCUT2D eigenvalue weighted by Crippen LogP contribution is 2.15. The first kappa shape index (κ1) is 17.0. The highest BCUT2D eigenvalue weighted by molar-refractivity contribution is 5.78. The zero-order valence-electron chi connectivity index (χ0n) is 13.6. The predicted molar refractivity (Wildman–Crippen MR) is 88.7 cm³/mol. The van der Waals surface area contributed by atoms with E-state index in [0.29, 0.717) is 19.1 Å². The van der Waals surface area contributed by atoms with Crippen LogP contribution in [0.2, 0.25) is 0 Å². The van der Waals surface area contributed by atoms with Gasteiger partial charge in [-0.3, -0.25) is 4.79 Å². The Labute approximate surface area is 133 Å². The van der Waals surface area contributed by atoms with E-state index in [1.807, 2.05) is 4.90 Å². The molecule has 0 spiro atoms. The Morgan fingerprint density at radius 3 is 2.45 bits per heavy atom. The van der Waals surface area contributed by atoms with Crippen molar-refractivity contribution in [1.29, 1.82) is 0 Å². The topological polar surface area (TPSA) is 55.6 Å². The lowest BCUT2D eigenvalue weighted by atomic mass is 10.0. The number of amides is 1. The Hall–Kier alpha value is -1.39. The third-order valence-electron chi connectivity index (χ3n) is 4.28. The number of rotatable bonds is 7. The number of ether oxygens (including phenoxy) is 1. The zero-order chi connectivity index (χ0) is 15.8. The first-order valence-corrected chi connectivity index (χ1v) is 8.40. The first-order chi connectivity index (χ1) is 10.7. The van der Waals surface area contributed by atoms with E-state index in [1.54, 1.807) is 0 Å². The van der Waals surface area contributed by atoms with Gasteiger partial charge in [0.25, 0.3) is 0 Å². The summed E-state index contributed by atoms with van der Waals surface area (Å²) >= 11 is 0. The molecule has 1 amide bonds. The number of aryl methyl sites for hydroxylation is 1. The van der Waals surface area contributed by atoms with Gasteiger partial charge in [0.15, 0.2) is 0 Å². The van der Waals surface area contributed by atoms with Crippen LogP contribution in [-0.2, 0) is 22.4 Å². The van der Waals surface area contributed by atoms with Crippen molar-refractivity contribution in [3.05, 3.63) is 35.4 Å². The van der Waals surface area contributed by atoms with E-state index in [2.05, 4.69) is 31.2 Å². The number of carbonyl (C=O) groups is 1. The standard InChI is InChI=1S/C18H28N2O2/c1-2-15-4-6-16(7-5-15)14-18(21)20-11-8-17(9-12-20)22-13-3-10-19/h4-7,17H,2-3,8-14,19H2,1H3.